The quantitative estimate of drug-likeness (QED) is 0.603. The summed E-state index contributed by atoms with van der Waals surface area (Å²) in [5.74, 6) is 0.309. The van der Waals surface area contributed by atoms with Gasteiger partial charge in [0.1, 0.15) is 11.9 Å². The van der Waals surface area contributed by atoms with Gasteiger partial charge in [0.25, 0.3) is 5.91 Å². The molecule has 0 radical (unpaired) electrons. The van der Waals surface area contributed by atoms with E-state index in [4.69, 9.17) is 16.0 Å². The standard InChI is InChI=1S/C23H18ClFN4O2/c24-18-6-4-17(5-7-18)22(30)28-11-13-29(14-12-28)23-20(15-26)27-21(31-23)10-3-16-1-8-19(25)9-2-16/h1-10H,11-14H2. The number of amides is 1. The van der Waals surface area contributed by atoms with Crippen LogP contribution >= 0.6 is 11.6 Å². The lowest BCUT2D eigenvalue weighted by Gasteiger charge is -2.34. The van der Waals surface area contributed by atoms with Crippen molar-refractivity contribution in [3.05, 3.63) is 82.1 Å². The molecule has 0 atom stereocenters. The Morgan fingerprint density at radius 2 is 1.74 bits per heavy atom. The minimum atomic E-state index is -0.309. The molecule has 0 bridgehead atoms. The van der Waals surface area contributed by atoms with E-state index in [9.17, 15) is 14.4 Å². The van der Waals surface area contributed by atoms with E-state index < -0.39 is 0 Å². The summed E-state index contributed by atoms with van der Waals surface area (Å²) in [7, 11) is 0. The fraction of sp³-hybridized carbons (Fsp3) is 0.174. The number of anilines is 1. The van der Waals surface area contributed by atoms with Gasteiger partial charge in [0.2, 0.25) is 17.5 Å². The average Bonchev–Trinajstić information content (AvgIpc) is 3.22. The van der Waals surface area contributed by atoms with Gasteiger partial charge in [-0.3, -0.25) is 4.79 Å². The van der Waals surface area contributed by atoms with Gasteiger partial charge in [-0.2, -0.15) is 10.2 Å². The largest absolute Gasteiger partial charge is 0.420 e. The van der Waals surface area contributed by atoms with E-state index in [0.29, 0.717) is 42.6 Å². The van der Waals surface area contributed by atoms with Crippen LogP contribution in [0.4, 0.5) is 10.3 Å². The monoisotopic (exact) mass is 436 g/mol. The third-order valence-electron chi connectivity index (χ3n) is 4.97. The Morgan fingerprint density at radius 3 is 2.39 bits per heavy atom. The second-order valence-corrected chi connectivity index (χ2v) is 7.43. The van der Waals surface area contributed by atoms with E-state index in [1.807, 2.05) is 4.90 Å². The lowest BCUT2D eigenvalue weighted by atomic mass is 10.2. The maximum atomic E-state index is 13.0. The molecule has 1 amide bonds. The van der Waals surface area contributed by atoms with Crippen LogP contribution in [-0.4, -0.2) is 42.0 Å². The summed E-state index contributed by atoms with van der Waals surface area (Å²) in [6.07, 6.45) is 3.37. The first-order valence-corrected chi connectivity index (χ1v) is 10.1. The number of benzene rings is 2. The molecule has 0 N–H and O–H groups in total. The van der Waals surface area contributed by atoms with Crippen LogP contribution in [0.15, 0.2) is 52.9 Å². The molecule has 1 aliphatic rings. The highest BCUT2D eigenvalue weighted by Gasteiger charge is 2.26. The molecule has 1 saturated heterocycles. The molecule has 0 aliphatic carbocycles. The molecule has 0 unspecified atom stereocenters. The summed E-state index contributed by atoms with van der Waals surface area (Å²) in [4.78, 5) is 20.6. The molecule has 8 heteroatoms. The molecule has 1 aliphatic heterocycles. The fourth-order valence-electron chi connectivity index (χ4n) is 3.32. The van der Waals surface area contributed by atoms with Crippen molar-refractivity contribution in [1.82, 2.24) is 9.88 Å². The third kappa shape index (κ3) is 4.76. The number of nitrogens with zero attached hydrogens (tertiary/aromatic N) is 4. The van der Waals surface area contributed by atoms with E-state index in [1.54, 1.807) is 53.5 Å². The molecule has 4 rings (SSSR count). The van der Waals surface area contributed by atoms with Gasteiger partial charge in [-0.05, 0) is 48.0 Å². The van der Waals surface area contributed by atoms with Crippen molar-refractivity contribution in [3.63, 3.8) is 0 Å². The number of rotatable bonds is 4. The molecular formula is C23H18ClFN4O2. The van der Waals surface area contributed by atoms with Crippen molar-refractivity contribution in [2.45, 2.75) is 0 Å². The van der Waals surface area contributed by atoms with Crippen LogP contribution in [0.3, 0.4) is 0 Å². The number of aromatic nitrogens is 1. The molecule has 6 nitrogen and oxygen atoms in total. The molecule has 2 heterocycles. The zero-order chi connectivity index (χ0) is 21.8. The van der Waals surface area contributed by atoms with Gasteiger partial charge in [0.05, 0.1) is 0 Å². The van der Waals surface area contributed by atoms with Gasteiger partial charge < -0.3 is 14.2 Å². The lowest BCUT2D eigenvalue weighted by Crippen LogP contribution is -2.48. The van der Waals surface area contributed by atoms with Crippen LogP contribution in [0.25, 0.3) is 12.2 Å². The van der Waals surface area contributed by atoms with Crippen molar-refractivity contribution in [3.8, 4) is 6.07 Å². The van der Waals surface area contributed by atoms with E-state index in [2.05, 4.69) is 11.1 Å². The second kappa shape index (κ2) is 9.02. The van der Waals surface area contributed by atoms with Gasteiger partial charge in [-0.25, -0.2) is 4.39 Å². The number of hydrogen-bond donors (Lipinski definition) is 0. The van der Waals surface area contributed by atoms with Crippen LogP contribution < -0.4 is 4.90 Å². The molecule has 1 aromatic heterocycles. The number of hydrogen-bond acceptors (Lipinski definition) is 5. The van der Waals surface area contributed by atoms with Crippen molar-refractivity contribution in [1.29, 1.82) is 5.26 Å². The normalized spacial score (nSPS) is 14.1. The van der Waals surface area contributed by atoms with Gasteiger partial charge in [-0.1, -0.05) is 23.7 Å². The summed E-state index contributed by atoms with van der Waals surface area (Å²) >= 11 is 5.89. The summed E-state index contributed by atoms with van der Waals surface area (Å²) in [5.41, 5.74) is 1.56. The van der Waals surface area contributed by atoms with E-state index in [0.717, 1.165) is 5.56 Å². The highest BCUT2D eigenvalue weighted by molar-refractivity contribution is 6.30. The molecule has 0 saturated carbocycles. The van der Waals surface area contributed by atoms with Crippen LogP contribution in [0.1, 0.15) is 27.5 Å². The zero-order valence-electron chi connectivity index (χ0n) is 16.5. The molecule has 1 fully saturated rings. The Balaban J connectivity index is 1.43. The second-order valence-electron chi connectivity index (χ2n) is 6.99. The summed E-state index contributed by atoms with van der Waals surface area (Å²) in [5, 5.41) is 10.0. The van der Waals surface area contributed by atoms with Gasteiger partial charge >= 0.3 is 0 Å². The van der Waals surface area contributed by atoms with Crippen molar-refractivity contribution in [2.75, 3.05) is 31.1 Å². The number of piperazine rings is 1. The summed E-state index contributed by atoms with van der Waals surface area (Å²) in [6.45, 7) is 2.02. The Morgan fingerprint density at radius 1 is 1.06 bits per heavy atom. The maximum absolute atomic E-state index is 13.0. The SMILES string of the molecule is N#Cc1nc(C=Cc2ccc(F)cc2)oc1N1CCN(C(=O)c2ccc(Cl)cc2)CC1. The Labute approximate surface area is 183 Å². The first-order chi connectivity index (χ1) is 15.0. The summed E-state index contributed by atoms with van der Waals surface area (Å²) < 4.78 is 18.8. The van der Waals surface area contributed by atoms with Crippen molar-refractivity contribution >= 4 is 35.5 Å². The predicted octanol–water partition coefficient (Wildman–Crippen LogP) is 4.47. The van der Waals surface area contributed by atoms with Gasteiger partial charge in [0, 0.05) is 42.8 Å². The van der Waals surface area contributed by atoms with E-state index in [1.165, 1.54) is 12.1 Å². The van der Waals surface area contributed by atoms with E-state index in [-0.39, 0.29) is 23.3 Å². The fourth-order valence-corrected chi connectivity index (χ4v) is 3.44. The maximum Gasteiger partial charge on any atom is 0.253 e. The van der Waals surface area contributed by atoms with Crippen LogP contribution in [0.2, 0.25) is 5.02 Å². The van der Waals surface area contributed by atoms with Crippen molar-refractivity contribution in [2.24, 2.45) is 0 Å². The third-order valence-corrected chi connectivity index (χ3v) is 5.22. The molecular weight excluding hydrogens is 419 g/mol. The minimum Gasteiger partial charge on any atom is -0.420 e. The Bertz CT molecular complexity index is 1140. The number of nitriles is 1. The molecule has 2 aromatic carbocycles. The first kappa shape index (κ1) is 20.6. The highest BCUT2D eigenvalue weighted by atomic mass is 35.5. The molecule has 31 heavy (non-hydrogen) atoms. The molecule has 156 valence electrons. The summed E-state index contributed by atoms with van der Waals surface area (Å²) in [6, 6.07) is 14.9. The van der Waals surface area contributed by atoms with E-state index >= 15 is 0 Å². The topological polar surface area (TPSA) is 73.4 Å². The smallest absolute Gasteiger partial charge is 0.253 e. The van der Waals surface area contributed by atoms with Crippen LogP contribution in [0, 0.1) is 17.1 Å². The number of halogens is 2. The zero-order valence-corrected chi connectivity index (χ0v) is 17.2. The Hall–Kier alpha value is -3.63. The van der Waals surface area contributed by atoms with Crippen molar-refractivity contribution < 1.29 is 13.6 Å². The Kier molecular flexibility index (Phi) is 6.01. The van der Waals surface area contributed by atoms with Gasteiger partial charge in [-0.15, -0.1) is 0 Å². The predicted molar refractivity (Wildman–Crippen MR) is 116 cm³/mol. The number of carbonyl (C=O) groups excluding carboxylic acids is 1. The molecule has 0 spiro atoms. The number of carbonyl (C=O) groups is 1. The number of oxazole rings is 1. The first-order valence-electron chi connectivity index (χ1n) is 9.68. The minimum absolute atomic E-state index is 0.0580. The highest BCUT2D eigenvalue weighted by Crippen LogP contribution is 2.25. The van der Waals surface area contributed by atoms with Gasteiger partial charge in [0.15, 0.2) is 0 Å². The van der Waals surface area contributed by atoms with Crippen LogP contribution in [-0.2, 0) is 0 Å². The van der Waals surface area contributed by atoms with Crippen LogP contribution in [0.5, 0.6) is 0 Å². The lowest BCUT2D eigenvalue weighted by molar-refractivity contribution is 0.0745. The average molecular weight is 437 g/mol. The molecule has 3 aromatic rings.